The number of Topliss-reactive ketones (excluding diaryl/α,β-unsaturated/α-hetero) is 1. The van der Waals surface area contributed by atoms with E-state index in [2.05, 4.69) is 29.1 Å². The van der Waals surface area contributed by atoms with Crippen LogP contribution >= 0.6 is 11.6 Å². The molecule has 204 valence electrons. The second-order valence-corrected chi connectivity index (χ2v) is 11.2. The Bertz CT molecular complexity index is 1660. The number of amides is 2. The average molecular weight is 558 g/mol. The lowest BCUT2D eigenvalue weighted by atomic mass is 9.84. The minimum absolute atomic E-state index is 0.0108. The van der Waals surface area contributed by atoms with E-state index in [4.69, 9.17) is 11.6 Å². The van der Waals surface area contributed by atoms with Crippen molar-refractivity contribution >= 4 is 40.2 Å². The summed E-state index contributed by atoms with van der Waals surface area (Å²) in [5.41, 5.74) is 1.23. The summed E-state index contributed by atoms with van der Waals surface area (Å²) in [5, 5.41) is 3.66. The summed E-state index contributed by atoms with van der Waals surface area (Å²) in [5.74, 6) is -1.09. The summed E-state index contributed by atoms with van der Waals surface area (Å²) < 4.78 is 1.20. The molecule has 0 spiro atoms. The number of nitrogens with zero attached hydrogens (tertiary/aromatic N) is 4. The minimum Gasteiger partial charge on any atom is -0.348 e. The maximum atomic E-state index is 13.6. The Balaban J connectivity index is 1.53. The van der Waals surface area contributed by atoms with Crippen LogP contribution in [0, 0.1) is 5.41 Å². The van der Waals surface area contributed by atoms with Gasteiger partial charge in [-0.15, -0.1) is 0 Å². The van der Waals surface area contributed by atoms with E-state index in [1.165, 1.54) is 16.8 Å². The molecule has 1 fully saturated rings. The number of pyridine rings is 3. The lowest BCUT2D eigenvalue weighted by Gasteiger charge is -2.45. The van der Waals surface area contributed by atoms with E-state index in [1.54, 1.807) is 59.8 Å². The van der Waals surface area contributed by atoms with Gasteiger partial charge in [0.2, 0.25) is 5.91 Å². The molecule has 0 bridgehead atoms. The van der Waals surface area contributed by atoms with Crippen LogP contribution in [0.5, 0.6) is 0 Å². The molecule has 0 atom stereocenters. The van der Waals surface area contributed by atoms with Gasteiger partial charge < -0.3 is 10.2 Å². The number of ketones is 1. The van der Waals surface area contributed by atoms with Gasteiger partial charge >= 0.3 is 0 Å². The number of benzene rings is 1. The van der Waals surface area contributed by atoms with Gasteiger partial charge in [0.15, 0.2) is 5.78 Å². The van der Waals surface area contributed by atoms with Crippen LogP contribution in [-0.2, 0) is 24.3 Å². The summed E-state index contributed by atoms with van der Waals surface area (Å²) in [6.45, 7) is 5.14. The average Bonchev–Trinajstić information content (AvgIpc) is 2.92. The van der Waals surface area contributed by atoms with Crippen molar-refractivity contribution in [2.24, 2.45) is 5.41 Å². The molecule has 0 unspecified atom stereocenters. The third-order valence-electron chi connectivity index (χ3n) is 6.90. The Morgan fingerprint density at radius 1 is 0.950 bits per heavy atom. The molecule has 0 saturated carbocycles. The second kappa shape index (κ2) is 11.0. The predicted molar refractivity (Wildman–Crippen MR) is 151 cm³/mol. The SMILES string of the molecule is CC1(C)CN(C(=O)Cn2c(=O)c(C(=O)NCc3ccc(Cl)cc3)cc3c(C(=O)Cc4ccncc4)ccnc32)C1. The van der Waals surface area contributed by atoms with E-state index in [0.717, 1.165) is 11.1 Å². The molecule has 9 nitrogen and oxygen atoms in total. The number of aromatic nitrogens is 3. The molecular formula is C30H28ClN5O4. The summed E-state index contributed by atoms with van der Waals surface area (Å²) >= 11 is 5.95. The smallest absolute Gasteiger partial charge is 0.265 e. The van der Waals surface area contributed by atoms with E-state index >= 15 is 0 Å². The molecular weight excluding hydrogens is 530 g/mol. The van der Waals surface area contributed by atoms with Crippen molar-refractivity contribution < 1.29 is 14.4 Å². The summed E-state index contributed by atoms with van der Waals surface area (Å²) in [6, 6.07) is 13.4. The van der Waals surface area contributed by atoms with Gasteiger partial charge in [-0.25, -0.2) is 4.98 Å². The number of carbonyl (C=O) groups excluding carboxylic acids is 3. The quantitative estimate of drug-likeness (QED) is 0.331. The molecule has 1 saturated heterocycles. The van der Waals surface area contributed by atoms with Gasteiger partial charge in [0.25, 0.3) is 11.5 Å². The minimum atomic E-state index is -0.652. The highest BCUT2D eigenvalue weighted by molar-refractivity contribution is 6.30. The van der Waals surface area contributed by atoms with Crippen LogP contribution in [0.15, 0.2) is 71.9 Å². The molecule has 2 amide bonds. The topological polar surface area (TPSA) is 114 Å². The summed E-state index contributed by atoms with van der Waals surface area (Å²) in [6.07, 6.45) is 4.75. The summed E-state index contributed by atoms with van der Waals surface area (Å²) in [7, 11) is 0. The molecule has 40 heavy (non-hydrogen) atoms. The molecule has 3 aromatic heterocycles. The highest BCUT2D eigenvalue weighted by Crippen LogP contribution is 2.29. The van der Waals surface area contributed by atoms with Gasteiger partial charge in [-0.3, -0.25) is 28.7 Å². The van der Waals surface area contributed by atoms with Crippen LogP contribution < -0.4 is 10.9 Å². The van der Waals surface area contributed by atoms with Crippen LogP contribution in [0.1, 0.15) is 45.7 Å². The first-order valence-corrected chi connectivity index (χ1v) is 13.2. The number of nitrogens with one attached hydrogen (secondary N) is 1. The van der Waals surface area contributed by atoms with Crippen LogP contribution in [0.4, 0.5) is 0 Å². The summed E-state index contributed by atoms with van der Waals surface area (Å²) in [4.78, 5) is 63.4. The Hall–Kier alpha value is -4.37. The standard InChI is InChI=1S/C30H28ClN5O4/c1-30(2)17-35(18-30)26(38)16-36-27-23(22(9-12-33-27)25(37)13-19-7-10-32-11-8-19)14-24(29(36)40)28(39)34-15-20-3-5-21(31)6-4-20/h3-12,14H,13,15-18H2,1-2H3,(H,34,39). The molecule has 4 aromatic rings. The fraction of sp³-hybridized carbons (Fsp3) is 0.267. The van der Waals surface area contributed by atoms with Gasteiger partial charge in [0, 0.05) is 60.6 Å². The van der Waals surface area contributed by atoms with Crippen molar-refractivity contribution in [2.45, 2.75) is 33.4 Å². The van der Waals surface area contributed by atoms with Crippen molar-refractivity contribution in [1.82, 2.24) is 24.8 Å². The lowest BCUT2D eigenvalue weighted by Crippen LogP contribution is -2.56. The van der Waals surface area contributed by atoms with Crippen molar-refractivity contribution in [2.75, 3.05) is 13.1 Å². The maximum Gasteiger partial charge on any atom is 0.265 e. The first-order chi connectivity index (χ1) is 19.1. The lowest BCUT2D eigenvalue weighted by molar-refractivity contribution is -0.142. The zero-order valence-electron chi connectivity index (χ0n) is 22.2. The van der Waals surface area contributed by atoms with Gasteiger partial charge in [-0.05, 0) is 52.9 Å². The van der Waals surface area contributed by atoms with Crippen molar-refractivity contribution in [3.05, 3.63) is 105 Å². The Labute approximate surface area is 235 Å². The Morgan fingerprint density at radius 2 is 1.65 bits per heavy atom. The van der Waals surface area contributed by atoms with E-state index in [1.807, 2.05) is 0 Å². The van der Waals surface area contributed by atoms with Crippen LogP contribution in [0.3, 0.4) is 0 Å². The van der Waals surface area contributed by atoms with Gasteiger partial charge in [0.05, 0.1) is 0 Å². The van der Waals surface area contributed by atoms with Crippen LogP contribution in [0.2, 0.25) is 5.02 Å². The van der Waals surface area contributed by atoms with Crippen molar-refractivity contribution in [3.8, 4) is 0 Å². The van der Waals surface area contributed by atoms with Gasteiger partial charge in [-0.1, -0.05) is 37.6 Å². The third kappa shape index (κ3) is 5.79. The molecule has 0 radical (unpaired) electrons. The number of halogens is 1. The monoisotopic (exact) mass is 557 g/mol. The number of fused-ring (bicyclic) bond motifs is 1. The molecule has 1 aromatic carbocycles. The first kappa shape index (κ1) is 27.2. The number of hydrogen-bond donors (Lipinski definition) is 1. The second-order valence-electron chi connectivity index (χ2n) is 10.7. The van der Waals surface area contributed by atoms with Gasteiger partial charge in [-0.2, -0.15) is 0 Å². The predicted octanol–water partition coefficient (Wildman–Crippen LogP) is 3.67. The van der Waals surface area contributed by atoms with E-state index in [0.29, 0.717) is 29.1 Å². The van der Waals surface area contributed by atoms with E-state index < -0.39 is 11.5 Å². The largest absolute Gasteiger partial charge is 0.348 e. The van der Waals surface area contributed by atoms with E-state index in [-0.39, 0.29) is 47.8 Å². The molecule has 4 heterocycles. The zero-order valence-corrected chi connectivity index (χ0v) is 22.9. The Kier molecular flexibility index (Phi) is 7.49. The first-order valence-electron chi connectivity index (χ1n) is 12.9. The van der Waals surface area contributed by atoms with Crippen molar-refractivity contribution in [3.63, 3.8) is 0 Å². The highest BCUT2D eigenvalue weighted by atomic mass is 35.5. The third-order valence-corrected chi connectivity index (χ3v) is 7.15. The van der Waals surface area contributed by atoms with Crippen molar-refractivity contribution in [1.29, 1.82) is 0 Å². The maximum absolute atomic E-state index is 13.6. The normalized spacial score (nSPS) is 14.0. The molecule has 5 rings (SSSR count). The number of likely N-dealkylation sites (tertiary alicyclic amines) is 1. The molecule has 1 aliphatic rings. The fourth-order valence-electron chi connectivity index (χ4n) is 4.88. The number of hydrogen-bond acceptors (Lipinski definition) is 6. The molecule has 0 aliphatic carbocycles. The van der Waals surface area contributed by atoms with E-state index in [9.17, 15) is 19.2 Å². The molecule has 1 N–H and O–H groups in total. The van der Waals surface area contributed by atoms with Crippen LogP contribution in [0.25, 0.3) is 11.0 Å². The zero-order chi connectivity index (χ0) is 28.4. The highest BCUT2D eigenvalue weighted by Gasteiger charge is 2.37. The number of rotatable bonds is 8. The Morgan fingerprint density at radius 3 is 2.33 bits per heavy atom. The molecule has 1 aliphatic heterocycles. The fourth-order valence-corrected chi connectivity index (χ4v) is 5.01. The number of carbonyl (C=O) groups is 3. The van der Waals surface area contributed by atoms with Crippen LogP contribution in [-0.4, -0.2) is 50.1 Å². The molecule has 10 heteroatoms. The van der Waals surface area contributed by atoms with Gasteiger partial charge in [0.1, 0.15) is 17.8 Å².